The second kappa shape index (κ2) is 7.04. The van der Waals surface area contributed by atoms with E-state index in [1.54, 1.807) is 18.2 Å². The van der Waals surface area contributed by atoms with Gasteiger partial charge in [-0.2, -0.15) is 0 Å². The number of carboxylic acid groups (broad SMARTS) is 1. The summed E-state index contributed by atoms with van der Waals surface area (Å²) in [5.41, 5.74) is 0.674. The molecule has 0 aliphatic carbocycles. The molecule has 118 valence electrons. The van der Waals surface area contributed by atoms with Crippen molar-refractivity contribution in [3.63, 3.8) is 0 Å². The van der Waals surface area contributed by atoms with Gasteiger partial charge in [-0.05, 0) is 42.9 Å². The third-order valence-corrected chi connectivity index (χ3v) is 4.87. The topological polar surface area (TPSA) is 83.5 Å². The molecule has 0 saturated carbocycles. The Morgan fingerprint density at radius 2 is 1.95 bits per heavy atom. The fourth-order valence-electron chi connectivity index (χ4n) is 1.96. The van der Waals surface area contributed by atoms with Gasteiger partial charge in [0.25, 0.3) is 0 Å². The lowest BCUT2D eigenvalue weighted by atomic mass is 9.84. The highest BCUT2D eigenvalue weighted by molar-refractivity contribution is 7.89. The molecule has 0 bridgehead atoms. The van der Waals surface area contributed by atoms with Crippen molar-refractivity contribution in [1.29, 1.82) is 0 Å². The molecule has 21 heavy (non-hydrogen) atoms. The molecular formula is C15H23NO4S. The van der Waals surface area contributed by atoms with E-state index in [1.165, 1.54) is 0 Å². The highest BCUT2D eigenvalue weighted by Gasteiger charge is 2.21. The highest BCUT2D eigenvalue weighted by Crippen LogP contribution is 2.26. The smallest absolute Gasteiger partial charge is 0.303 e. The van der Waals surface area contributed by atoms with Crippen molar-refractivity contribution in [1.82, 2.24) is 4.72 Å². The molecule has 0 aliphatic rings. The molecule has 1 aromatic carbocycles. The summed E-state index contributed by atoms with van der Waals surface area (Å²) >= 11 is 0. The van der Waals surface area contributed by atoms with Gasteiger partial charge in [-0.1, -0.05) is 26.0 Å². The summed E-state index contributed by atoms with van der Waals surface area (Å²) < 4.78 is 26.8. The molecular weight excluding hydrogens is 290 g/mol. The van der Waals surface area contributed by atoms with E-state index < -0.39 is 16.0 Å². The fraction of sp³-hybridized carbons (Fsp3) is 0.533. The molecule has 0 radical (unpaired) electrons. The van der Waals surface area contributed by atoms with Crippen LogP contribution in [0.2, 0.25) is 0 Å². The first-order valence-corrected chi connectivity index (χ1v) is 8.39. The first kappa shape index (κ1) is 17.7. The summed E-state index contributed by atoms with van der Waals surface area (Å²) in [6.07, 6.45) is 1.21. The maximum absolute atomic E-state index is 12.1. The summed E-state index contributed by atoms with van der Waals surface area (Å²) in [7, 11) is -3.50. The van der Waals surface area contributed by atoms with E-state index in [0.29, 0.717) is 19.4 Å². The molecule has 0 aliphatic heterocycles. The Hall–Kier alpha value is -1.40. The van der Waals surface area contributed by atoms with E-state index >= 15 is 0 Å². The van der Waals surface area contributed by atoms with Crippen LogP contribution in [0.3, 0.4) is 0 Å². The molecule has 0 amide bonds. The lowest BCUT2D eigenvalue weighted by Gasteiger charge is -2.23. The maximum Gasteiger partial charge on any atom is 0.303 e. The zero-order chi connectivity index (χ0) is 16.1. The number of benzene rings is 1. The van der Waals surface area contributed by atoms with E-state index in [-0.39, 0.29) is 16.7 Å². The van der Waals surface area contributed by atoms with Crippen molar-refractivity contribution >= 4 is 16.0 Å². The van der Waals surface area contributed by atoms with Gasteiger partial charge in [0.1, 0.15) is 0 Å². The second-order valence-corrected chi connectivity index (χ2v) is 7.79. The number of aliphatic carboxylic acids is 1. The quantitative estimate of drug-likeness (QED) is 0.772. The van der Waals surface area contributed by atoms with Crippen LogP contribution in [-0.4, -0.2) is 26.0 Å². The van der Waals surface area contributed by atoms with Crippen molar-refractivity contribution in [2.75, 3.05) is 6.54 Å². The Morgan fingerprint density at radius 3 is 2.52 bits per heavy atom. The van der Waals surface area contributed by atoms with Crippen LogP contribution in [0.25, 0.3) is 0 Å². The standard InChI is InChI=1S/C15H23NO4S/c1-12-5-4-6-13(11-12)21(19,20)16-10-9-15(2,3)8-7-14(17)18/h4-6,11,16H,7-10H2,1-3H3,(H,17,18). The lowest BCUT2D eigenvalue weighted by Crippen LogP contribution is -2.28. The molecule has 0 atom stereocenters. The first-order chi connectivity index (χ1) is 9.62. The molecule has 0 aromatic heterocycles. The van der Waals surface area contributed by atoms with Gasteiger partial charge < -0.3 is 5.11 Å². The van der Waals surface area contributed by atoms with Crippen LogP contribution in [0.4, 0.5) is 0 Å². The Labute approximate surface area is 126 Å². The van der Waals surface area contributed by atoms with Crippen LogP contribution in [0.15, 0.2) is 29.2 Å². The Balaban J connectivity index is 2.56. The molecule has 1 aromatic rings. The minimum absolute atomic E-state index is 0.0949. The minimum Gasteiger partial charge on any atom is -0.481 e. The van der Waals surface area contributed by atoms with Crippen LogP contribution in [-0.2, 0) is 14.8 Å². The first-order valence-electron chi connectivity index (χ1n) is 6.90. The van der Waals surface area contributed by atoms with Gasteiger partial charge in [-0.25, -0.2) is 13.1 Å². The molecule has 5 nitrogen and oxygen atoms in total. The fourth-order valence-corrected chi connectivity index (χ4v) is 3.10. The number of carbonyl (C=O) groups is 1. The van der Waals surface area contributed by atoms with Crippen LogP contribution < -0.4 is 4.72 Å². The van der Waals surface area contributed by atoms with E-state index in [0.717, 1.165) is 5.56 Å². The molecule has 0 fully saturated rings. The largest absolute Gasteiger partial charge is 0.481 e. The number of rotatable bonds is 8. The Bertz CT molecular complexity index is 593. The average molecular weight is 313 g/mol. The molecule has 1 rings (SSSR count). The Kier molecular flexibility index (Phi) is 5.92. The second-order valence-electron chi connectivity index (χ2n) is 6.02. The van der Waals surface area contributed by atoms with E-state index in [1.807, 2.05) is 26.8 Å². The number of carboxylic acids is 1. The van der Waals surface area contributed by atoms with Crippen molar-refractivity contribution in [2.45, 2.75) is 44.9 Å². The zero-order valence-corrected chi connectivity index (χ0v) is 13.5. The van der Waals surface area contributed by atoms with Gasteiger partial charge in [-0.3, -0.25) is 4.79 Å². The predicted octanol–water partition coefficient (Wildman–Crippen LogP) is 2.55. The number of aryl methyl sites for hydroxylation is 1. The summed E-state index contributed by atoms with van der Waals surface area (Å²) in [6.45, 7) is 6.02. The Morgan fingerprint density at radius 1 is 1.29 bits per heavy atom. The van der Waals surface area contributed by atoms with Gasteiger partial charge in [0.05, 0.1) is 4.90 Å². The van der Waals surface area contributed by atoms with Gasteiger partial charge >= 0.3 is 5.97 Å². The summed E-state index contributed by atoms with van der Waals surface area (Å²) in [5, 5.41) is 8.69. The van der Waals surface area contributed by atoms with E-state index in [2.05, 4.69) is 4.72 Å². The van der Waals surface area contributed by atoms with Crippen LogP contribution in [0.5, 0.6) is 0 Å². The lowest BCUT2D eigenvalue weighted by molar-refractivity contribution is -0.137. The van der Waals surface area contributed by atoms with Gasteiger partial charge in [-0.15, -0.1) is 0 Å². The average Bonchev–Trinajstić information content (AvgIpc) is 2.36. The van der Waals surface area contributed by atoms with Crippen molar-refractivity contribution in [3.8, 4) is 0 Å². The molecule has 2 N–H and O–H groups in total. The van der Waals surface area contributed by atoms with E-state index in [4.69, 9.17) is 5.11 Å². The third kappa shape index (κ3) is 6.27. The molecule has 0 saturated heterocycles. The molecule has 0 heterocycles. The molecule has 0 unspecified atom stereocenters. The molecule has 6 heteroatoms. The van der Waals surface area contributed by atoms with E-state index in [9.17, 15) is 13.2 Å². The number of sulfonamides is 1. The minimum atomic E-state index is -3.50. The predicted molar refractivity (Wildman–Crippen MR) is 81.6 cm³/mol. The van der Waals surface area contributed by atoms with Gasteiger partial charge in [0, 0.05) is 13.0 Å². The summed E-state index contributed by atoms with van der Waals surface area (Å²) in [4.78, 5) is 10.8. The normalized spacial score (nSPS) is 12.3. The van der Waals surface area contributed by atoms with Crippen molar-refractivity contribution < 1.29 is 18.3 Å². The van der Waals surface area contributed by atoms with Crippen LogP contribution in [0.1, 0.15) is 38.7 Å². The number of hydrogen-bond donors (Lipinski definition) is 2. The number of nitrogens with one attached hydrogen (secondary N) is 1. The van der Waals surface area contributed by atoms with Crippen LogP contribution in [0, 0.1) is 12.3 Å². The summed E-state index contributed by atoms with van der Waals surface area (Å²) in [5.74, 6) is -0.830. The van der Waals surface area contributed by atoms with Crippen molar-refractivity contribution in [2.24, 2.45) is 5.41 Å². The van der Waals surface area contributed by atoms with Crippen molar-refractivity contribution in [3.05, 3.63) is 29.8 Å². The monoisotopic (exact) mass is 313 g/mol. The van der Waals surface area contributed by atoms with Crippen LogP contribution >= 0.6 is 0 Å². The number of hydrogen-bond acceptors (Lipinski definition) is 3. The highest BCUT2D eigenvalue weighted by atomic mass is 32.2. The van der Waals surface area contributed by atoms with Gasteiger partial charge in [0.2, 0.25) is 10.0 Å². The SMILES string of the molecule is Cc1cccc(S(=O)(=O)NCCC(C)(C)CCC(=O)O)c1. The third-order valence-electron chi connectivity index (χ3n) is 3.41. The molecule has 0 spiro atoms. The zero-order valence-electron chi connectivity index (χ0n) is 12.7. The van der Waals surface area contributed by atoms with Gasteiger partial charge in [0.15, 0.2) is 0 Å². The maximum atomic E-state index is 12.1. The summed E-state index contributed by atoms with van der Waals surface area (Å²) in [6, 6.07) is 6.73.